The normalized spacial score (nSPS) is 13.7. The van der Waals surface area contributed by atoms with Gasteiger partial charge in [0, 0.05) is 26.2 Å². The molecular formula is C83H147N3O8. The van der Waals surface area contributed by atoms with Gasteiger partial charge in [0.1, 0.15) is 0 Å². The fraction of sp³-hybridized carbons (Fsp3) is 0.759. The maximum atomic E-state index is 13.5. The second-order valence-corrected chi connectivity index (χ2v) is 26.4. The van der Waals surface area contributed by atoms with Crippen molar-refractivity contribution < 1.29 is 38.1 Å². The zero-order valence-electron chi connectivity index (χ0n) is 62.5. The Balaban J connectivity index is 6.19. The Hall–Kier alpha value is -4.32. The second-order valence-electron chi connectivity index (χ2n) is 26.4. The smallest absolute Gasteiger partial charge is 0.307 e. The van der Waals surface area contributed by atoms with E-state index in [1.54, 1.807) is 0 Å². The summed E-state index contributed by atoms with van der Waals surface area (Å²) in [5.41, 5.74) is 0. The van der Waals surface area contributed by atoms with E-state index in [1.165, 1.54) is 0 Å². The van der Waals surface area contributed by atoms with E-state index in [4.69, 9.17) is 18.9 Å². The summed E-state index contributed by atoms with van der Waals surface area (Å²) in [7, 11) is 2.15. The highest BCUT2D eigenvalue weighted by Gasteiger charge is 2.20. The number of allylic oxidation sites excluding steroid dienone is 16. The molecule has 94 heavy (non-hydrogen) atoms. The molecule has 0 aromatic carbocycles. The molecule has 0 saturated heterocycles. The maximum Gasteiger partial charge on any atom is 0.307 e. The summed E-state index contributed by atoms with van der Waals surface area (Å²) in [6.07, 6.45) is 72.9. The maximum absolute atomic E-state index is 13.5. The monoisotopic (exact) mass is 1310 g/mol. The fourth-order valence-corrected chi connectivity index (χ4v) is 11.7. The Bertz CT molecular complexity index is 1720. The molecule has 0 aromatic rings. The molecule has 0 aliphatic heterocycles. The summed E-state index contributed by atoms with van der Waals surface area (Å²) in [5.74, 6) is 0.621. The van der Waals surface area contributed by atoms with Crippen molar-refractivity contribution in [1.29, 1.82) is 0 Å². The molecule has 0 radical (unpaired) electrons. The lowest BCUT2D eigenvalue weighted by Gasteiger charge is -2.25. The molecule has 4 atom stereocenters. The van der Waals surface area contributed by atoms with Crippen molar-refractivity contribution in [3.63, 3.8) is 0 Å². The van der Waals surface area contributed by atoms with Gasteiger partial charge in [0.25, 0.3) is 0 Å². The SMILES string of the molecule is CC/C=C\CCCCC(CC/C=C\CC)COC(=O)CCN(CCCN(C)CCCN(CCC(=O)OCC(CC/C=C\CC)CCCC/C=C\CC)CCC(=O)OCC(CC/C=C\CC)CCCC/C=C\CC)CCC(=O)OCC(CC/C=C\CC)CCCC/C=C\CC. The van der Waals surface area contributed by atoms with Gasteiger partial charge in [0.15, 0.2) is 0 Å². The molecule has 11 nitrogen and oxygen atoms in total. The lowest BCUT2D eigenvalue weighted by molar-refractivity contribution is -0.147. The molecule has 0 aromatic heterocycles. The van der Waals surface area contributed by atoms with Crippen molar-refractivity contribution in [2.24, 2.45) is 23.7 Å². The third kappa shape index (κ3) is 61.3. The predicted molar refractivity (Wildman–Crippen MR) is 402 cm³/mol. The largest absolute Gasteiger partial charge is 0.465 e. The van der Waals surface area contributed by atoms with Crippen LogP contribution in [0, 0.1) is 23.7 Å². The molecule has 0 aliphatic rings. The second kappa shape index (κ2) is 70.0. The molecule has 4 unspecified atom stereocenters. The van der Waals surface area contributed by atoms with Gasteiger partial charge < -0.3 is 33.6 Å². The van der Waals surface area contributed by atoms with Crippen molar-refractivity contribution in [1.82, 2.24) is 14.7 Å². The van der Waals surface area contributed by atoms with Crippen LogP contribution in [0.5, 0.6) is 0 Å². The summed E-state index contributed by atoms with van der Waals surface area (Å²) in [5, 5.41) is 0. The first-order valence-corrected chi connectivity index (χ1v) is 38.9. The van der Waals surface area contributed by atoms with Gasteiger partial charge in [-0.3, -0.25) is 19.2 Å². The lowest BCUT2D eigenvalue weighted by Crippen LogP contribution is -2.34. The average Bonchev–Trinajstić information content (AvgIpc) is 3.72. The van der Waals surface area contributed by atoms with E-state index < -0.39 is 0 Å². The van der Waals surface area contributed by atoms with Gasteiger partial charge in [-0.05, 0) is 250 Å². The van der Waals surface area contributed by atoms with Crippen LogP contribution in [0.1, 0.15) is 299 Å². The number of nitrogens with zero attached hydrogens (tertiary/aromatic N) is 3. The number of ether oxygens (including phenoxy) is 4. The predicted octanol–water partition coefficient (Wildman–Crippen LogP) is 21.6. The molecule has 0 bridgehead atoms. The molecule has 0 saturated carbocycles. The Morgan fingerprint density at radius 3 is 0.681 bits per heavy atom. The third-order valence-corrected chi connectivity index (χ3v) is 17.6. The molecule has 0 amide bonds. The van der Waals surface area contributed by atoms with Gasteiger partial charge in [-0.25, -0.2) is 0 Å². The van der Waals surface area contributed by atoms with E-state index in [2.05, 4.69) is 174 Å². The topological polar surface area (TPSA) is 115 Å². The van der Waals surface area contributed by atoms with Crippen LogP contribution in [0.15, 0.2) is 97.2 Å². The minimum absolute atomic E-state index is 0.178. The van der Waals surface area contributed by atoms with Gasteiger partial charge >= 0.3 is 23.9 Å². The summed E-state index contributed by atoms with van der Waals surface area (Å²) >= 11 is 0. The van der Waals surface area contributed by atoms with Gasteiger partial charge in [0.2, 0.25) is 0 Å². The molecule has 0 rings (SSSR count). The molecule has 0 N–H and O–H groups in total. The summed E-state index contributed by atoms with van der Waals surface area (Å²) in [6, 6.07) is 0. The number of unbranched alkanes of at least 4 members (excludes halogenated alkanes) is 8. The van der Waals surface area contributed by atoms with Crippen molar-refractivity contribution in [2.75, 3.05) is 85.8 Å². The number of rotatable bonds is 68. The van der Waals surface area contributed by atoms with Crippen molar-refractivity contribution in [2.45, 2.75) is 299 Å². The molecular weight excluding hydrogens is 1170 g/mol. The summed E-state index contributed by atoms with van der Waals surface area (Å²) < 4.78 is 24.1. The van der Waals surface area contributed by atoms with E-state index >= 15 is 0 Å². The molecule has 0 aliphatic carbocycles. The number of hydrogen-bond acceptors (Lipinski definition) is 11. The van der Waals surface area contributed by atoms with E-state index in [-0.39, 0.29) is 49.6 Å². The first-order chi connectivity index (χ1) is 46.0. The highest BCUT2D eigenvalue weighted by molar-refractivity contribution is 5.71. The molecule has 11 heteroatoms. The standard InChI is InChI=1S/C83H147N3O8/c1-10-18-26-34-38-46-56-76(52-42-30-22-14-5)72-91-80(87)60-68-85(69-61-81(88)92-73-77(53-43-31-23-15-6)57-47-39-35-27-19-11-2)66-50-64-84(9)65-51-67-86(70-62-82(89)93-74-78(54-44-32-24-16-7)58-48-40-36-28-20-12-3)71-63-83(90)94-75-79(55-45-33-25-17-8)59-49-41-37-29-21-13-4/h18-33,76-79H,10-17,34-75H2,1-9H3/b26-18-,27-19-,28-20-,29-21-,30-22-,31-23-,32-24-,33-25-. The zero-order valence-corrected chi connectivity index (χ0v) is 62.5. The third-order valence-electron chi connectivity index (χ3n) is 17.6. The Morgan fingerprint density at radius 1 is 0.255 bits per heavy atom. The molecule has 0 heterocycles. The number of carbonyl (C=O) groups is 4. The average molecular weight is 1320 g/mol. The molecule has 0 fully saturated rings. The molecule has 0 spiro atoms. The number of hydrogen-bond donors (Lipinski definition) is 0. The van der Waals surface area contributed by atoms with Crippen LogP contribution in [-0.2, 0) is 38.1 Å². The van der Waals surface area contributed by atoms with Gasteiger partial charge in [-0.15, -0.1) is 0 Å². The van der Waals surface area contributed by atoms with Crippen LogP contribution < -0.4 is 0 Å². The lowest BCUT2D eigenvalue weighted by atomic mass is 9.96. The van der Waals surface area contributed by atoms with Crippen LogP contribution in [0.25, 0.3) is 0 Å². The quantitative estimate of drug-likeness (QED) is 0.0251. The zero-order chi connectivity index (χ0) is 68.8. The van der Waals surface area contributed by atoms with Crippen LogP contribution in [0.2, 0.25) is 0 Å². The Kier molecular flexibility index (Phi) is 66.8. The van der Waals surface area contributed by atoms with Gasteiger partial charge in [-0.1, -0.05) is 178 Å². The van der Waals surface area contributed by atoms with E-state index in [9.17, 15) is 19.2 Å². The first-order valence-electron chi connectivity index (χ1n) is 38.9. The highest BCUT2D eigenvalue weighted by atomic mass is 16.5. The van der Waals surface area contributed by atoms with Gasteiger partial charge in [0.05, 0.1) is 52.1 Å². The number of esters is 4. The fourth-order valence-electron chi connectivity index (χ4n) is 11.7. The number of carbonyl (C=O) groups excluding carboxylic acids is 4. The van der Waals surface area contributed by atoms with E-state index in [1.807, 2.05) is 0 Å². The van der Waals surface area contributed by atoms with Crippen LogP contribution in [-0.4, -0.2) is 124 Å². The van der Waals surface area contributed by atoms with Crippen molar-refractivity contribution >= 4 is 23.9 Å². The van der Waals surface area contributed by atoms with E-state index in [0.717, 1.165) is 244 Å². The minimum atomic E-state index is -0.178. The van der Waals surface area contributed by atoms with Crippen molar-refractivity contribution in [3.8, 4) is 0 Å². The highest BCUT2D eigenvalue weighted by Crippen LogP contribution is 2.22. The van der Waals surface area contributed by atoms with Gasteiger partial charge in [-0.2, -0.15) is 0 Å². The minimum Gasteiger partial charge on any atom is -0.465 e. The molecule has 542 valence electrons. The van der Waals surface area contributed by atoms with Crippen LogP contribution >= 0.6 is 0 Å². The van der Waals surface area contributed by atoms with Crippen LogP contribution in [0.4, 0.5) is 0 Å². The van der Waals surface area contributed by atoms with Crippen molar-refractivity contribution in [3.05, 3.63) is 97.2 Å². The first kappa shape index (κ1) is 89.7. The van der Waals surface area contributed by atoms with Crippen LogP contribution in [0.3, 0.4) is 0 Å². The Morgan fingerprint density at radius 2 is 0.468 bits per heavy atom. The summed E-state index contributed by atoms with van der Waals surface area (Å²) in [4.78, 5) is 60.9. The Labute approximate surface area is 580 Å². The summed E-state index contributed by atoms with van der Waals surface area (Å²) in [6.45, 7) is 24.3. The van der Waals surface area contributed by atoms with E-state index in [0.29, 0.717) is 76.3 Å².